The number of aromatic amines is 1. The Kier molecular flexibility index (Phi) is 11.7. The quantitative estimate of drug-likeness (QED) is 0.144. The van der Waals surface area contributed by atoms with Crippen LogP contribution in [0.25, 0.3) is 11.0 Å². The molecule has 1 aromatic carbocycles. The van der Waals surface area contributed by atoms with Crippen molar-refractivity contribution in [1.82, 2.24) is 30.2 Å². The zero-order chi connectivity index (χ0) is 39.7. The molecule has 0 spiro atoms. The number of fused-ring (bicyclic) bond motifs is 1. The predicted molar refractivity (Wildman–Crippen MR) is 204 cm³/mol. The molecule has 6 rings (SSSR count). The smallest absolute Gasteiger partial charge is 0.408 e. The van der Waals surface area contributed by atoms with Gasteiger partial charge < -0.3 is 30.0 Å². The fourth-order valence-electron chi connectivity index (χ4n) is 7.75. The first-order chi connectivity index (χ1) is 26.1. The number of likely N-dealkylation sites (tertiary alicyclic amines) is 1. The predicted octanol–water partition coefficient (Wildman–Crippen LogP) is 3.61. The number of nitrogens with zero attached hydrogens (tertiary/aromatic N) is 2. The highest BCUT2D eigenvalue weighted by Crippen LogP contribution is 2.41. The van der Waals surface area contributed by atoms with Gasteiger partial charge in [0.25, 0.3) is 11.5 Å². The van der Waals surface area contributed by atoms with Crippen molar-refractivity contribution in [2.24, 2.45) is 17.3 Å². The lowest BCUT2D eigenvalue weighted by atomic mass is 9.66. The zero-order valence-corrected chi connectivity index (χ0v) is 33.0. The van der Waals surface area contributed by atoms with Crippen LogP contribution in [0.1, 0.15) is 97.1 Å². The van der Waals surface area contributed by atoms with E-state index in [-0.39, 0.29) is 30.5 Å². The van der Waals surface area contributed by atoms with Gasteiger partial charge in [0.1, 0.15) is 35.2 Å². The van der Waals surface area contributed by atoms with Gasteiger partial charge in [0.2, 0.25) is 21.8 Å². The van der Waals surface area contributed by atoms with Crippen LogP contribution in [0.3, 0.4) is 0 Å². The number of methoxy groups -OCH3 is 1. The lowest BCUT2D eigenvalue weighted by Crippen LogP contribution is -2.70. The van der Waals surface area contributed by atoms with Crippen LogP contribution < -0.4 is 25.7 Å². The van der Waals surface area contributed by atoms with Crippen LogP contribution in [0.15, 0.2) is 35.6 Å². The summed E-state index contributed by atoms with van der Waals surface area (Å²) in [6, 6.07) is 3.47. The molecule has 6 unspecified atom stereocenters. The Bertz CT molecular complexity index is 1990. The minimum absolute atomic E-state index is 0.204. The van der Waals surface area contributed by atoms with Crippen molar-refractivity contribution >= 4 is 44.9 Å². The van der Waals surface area contributed by atoms with Crippen LogP contribution in [0.2, 0.25) is 0 Å². The summed E-state index contributed by atoms with van der Waals surface area (Å²) in [6.45, 7) is 9.54. The van der Waals surface area contributed by atoms with Crippen molar-refractivity contribution in [1.29, 1.82) is 0 Å². The fourth-order valence-corrected chi connectivity index (χ4v) is 9.11. The summed E-state index contributed by atoms with van der Waals surface area (Å²) in [5.74, 6) is -1.37. The van der Waals surface area contributed by atoms with Crippen molar-refractivity contribution in [3.63, 3.8) is 0 Å². The highest BCUT2D eigenvalue weighted by atomic mass is 32.2. The van der Waals surface area contributed by atoms with E-state index in [0.717, 1.165) is 32.1 Å². The standard InChI is InChI=1S/C39H54N6O9S/c1-6-24-18-19-39(24,36(49)44-55(51,52)26-15-16-26)43-34(47)30-13-10-20-45(30)35(48)32(38(2,3)4)42-37(50)54-31-21-23(31)11-8-7-9-12-28-33(46)41-29-22-25(53-5)14-17-27(29)40-28/h6,14,17,22-24,26,30-32H,1,7-13,15-16,18-21H2,2-5H3,(H,41,46)(H,42,50)(H,43,47)(H,44,49). The highest BCUT2D eigenvalue weighted by Gasteiger charge is 2.55. The fraction of sp³-hybridized carbons (Fsp3) is 0.641. The summed E-state index contributed by atoms with van der Waals surface area (Å²) >= 11 is 0. The molecule has 4 N–H and O–H groups in total. The molecule has 16 heteroatoms. The van der Waals surface area contributed by atoms with Crippen molar-refractivity contribution in [2.75, 3.05) is 13.7 Å². The Morgan fingerprint density at radius 1 is 1.13 bits per heavy atom. The van der Waals surface area contributed by atoms with E-state index in [9.17, 15) is 32.4 Å². The summed E-state index contributed by atoms with van der Waals surface area (Å²) in [5.41, 5.74) is -0.572. The van der Waals surface area contributed by atoms with Crippen LogP contribution >= 0.6 is 0 Å². The van der Waals surface area contributed by atoms with E-state index < -0.39 is 68.0 Å². The minimum atomic E-state index is -3.85. The number of rotatable bonds is 16. The summed E-state index contributed by atoms with van der Waals surface area (Å²) < 4.78 is 38.3. The Labute approximate surface area is 321 Å². The van der Waals surface area contributed by atoms with E-state index >= 15 is 0 Å². The molecule has 4 amide bonds. The second kappa shape index (κ2) is 15.9. The van der Waals surface area contributed by atoms with Gasteiger partial charge in [0.15, 0.2) is 0 Å². The molecule has 15 nitrogen and oxygen atoms in total. The van der Waals surface area contributed by atoms with Gasteiger partial charge >= 0.3 is 6.09 Å². The van der Waals surface area contributed by atoms with Gasteiger partial charge in [-0.3, -0.25) is 23.9 Å². The van der Waals surface area contributed by atoms with E-state index in [2.05, 4.69) is 31.9 Å². The molecule has 1 aromatic heterocycles. The molecule has 1 saturated heterocycles. The van der Waals surface area contributed by atoms with Crippen molar-refractivity contribution in [3.8, 4) is 5.75 Å². The van der Waals surface area contributed by atoms with E-state index in [0.29, 0.717) is 61.0 Å². The maximum Gasteiger partial charge on any atom is 0.408 e. The first-order valence-electron chi connectivity index (χ1n) is 19.4. The van der Waals surface area contributed by atoms with Crippen LogP contribution in [-0.2, 0) is 35.6 Å². The number of carbonyl (C=O) groups is 4. The average molecular weight is 783 g/mol. The number of alkyl carbamates (subject to hydrolysis) is 1. The molecular weight excluding hydrogens is 729 g/mol. The molecule has 300 valence electrons. The molecule has 0 bridgehead atoms. The molecule has 3 aliphatic carbocycles. The SMILES string of the molecule is C=CC1CCC1(NC(=O)C1CCCN1C(=O)C(NC(=O)OC1CC1CCCCCc1nc2ccc(OC)cc2[nH]c1=O)C(C)(C)C)C(=O)NS(=O)(=O)C1CC1. The Morgan fingerprint density at radius 2 is 1.89 bits per heavy atom. The first kappa shape index (κ1) is 40.2. The lowest BCUT2D eigenvalue weighted by Gasteiger charge is -2.47. The van der Waals surface area contributed by atoms with Gasteiger partial charge in [-0.2, -0.15) is 0 Å². The number of hydrogen-bond acceptors (Lipinski definition) is 10. The Hall–Kier alpha value is -4.47. The van der Waals surface area contributed by atoms with Crippen LogP contribution in [0.5, 0.6) is 5.75 Å². The average Bonchev–Trinajstić information content (AvgIpc) is 4.05. The molecular formula is C39H54N6O9S. The van der Waals surface area contributed by atoms with Crippen LogP contribution in [0.4, 0.5) is 4.79 Å². The second-order valence-electron chi connectivity index (χ2n) is 16.6. The van der Waals surface area contributed by atoms with E-state index in [1.54, 1.807) is 25.3 Å². The number of hydrogen-bond donors (Lipinski definition) is 4. The van der Waals surface area contributed by atoms with Gasteiger partial charge in [-0.25, -0.2) is 18.2 Å². The molecule has 1 aliphatic heterocycles. The summed E-state index contributed by atoms with van der Waals surface area (Å²) in [6.07, 6.45) is 8.00. The molecule has 6 atom stereocenters. The largest absolute Gasteiger partial charge is 0.497 e. The number of aryl methyl sites for hydroxylation is 1. The van der Waals surface area contributed by atoms with Gasteiger partial charge in [0, 0.05) is 18.5 Å². The van der Waals surface area contributed by atoms with E-state index in [1.807, 2.05) is 26.8 Å². The van der Waals surface area contributed by atoms with Gasteiger partial charge in [-0.05, 0) is 87.7 Å². The Morgan fingerprint density at radius 3 is 2.55 bits per heavy atom. The molecule has 3 saturated carbocycles. The molecule has 55 heavy (non-hydrogen) atoms. The summed E-state index contributed by atoms with van der Waals surface area (Å²) in [4.78, 5) is 75.8. The molecule has 0 radical (unpaired) electrons. The van der Waals surface area contributed by atoms with Crippen LogP contribution in [0, 0.1) is 17.3 Å². The third kappa shape index (κ3) is 9.00. The molecule has 4 fully saturated rings. The normalized spacial score (nSPS) is 25.3. The molecule has 2 aromatic rings. The number of nitrogens with one attached hydrogen (secondary N) is 4. The summed E-state index contributed by atoms with van der Waals surface area (Å²) in [7, 11) is -2.28. The number of unbranched alkanes of at least 4 members (excludes halogenated alkanes) is 2. The minimum Gasteiger partial charge on any atom is -0.497 e. The number of aromatic nitrogens is 2. The van der Waals surface area contributed by atoms with E-state index in [1.165, 1.54) is 4.90 Å². The molecule has 2 heterocycles. The van der Waals surface area contributed by atoms with Gasteiger partial charge in [0.05, 0.1) is 23.4 Å². The Balaban J connectivity index is 0.979. The number of H-pyrrole nitrogens is 1. The summed E-state index contributed by atoms with van der Waals surface area (Å²) in [5, 5.41) is 5.00. The topological polar surface area (TPSA) is 206 Å². The third-order valence-electron chi connectivity index (χ3n) is 11.5. The number of carbonyl (C=O) groups excluding carboxylic acids is 4. The maximum absolute atomic E-state index is 14.1. The molecule has 4 aliphatic rings. The van der Waals surface area contributed by atoms with Gasteiger partial charge in [-0.1, -0.05) is 39.7 Å². The second-order valence-corrected chi connectivity index (χ2v) is 18.5. The van der Waals surface area contributed by atoms with Crippen molar-refractivity contribution < 1.29 is 37.1 Å². The van der Waals surface area contributed by atoms with Crippen molar-refractivity contribution in [3.05, 3.63) is 46.9 Å². The first-order valence-corrected chi connectivity index (χ1v) is 21.0. The van der Waals surface area contributed by atoms with E-state index in [4.69, 9.17) is 9.47 Å². The number of sulfonamides is 1. The maximum atomic E-state index is 14.1. The van der Waals surface area contributed by atoms with Gasteiger partial charge in [-0.15, -0.1) is 6.58 Å². The number of amides is 4. The number of ether oxygens (including phenoxy) is 2. The number of benzene rings is 1. The van der Waals surface area contributed by atoms with Crippen molar-refractivity contribution in [2.45, 2.75) is 127 Å². The van der Waals surface area contributed by atoms with Crippen LogP contribution in [-0.4, -0.2) is 89.7 Å². The zero-order valence-electron chi connectivity index (χ0n) is 32.1. The third-order valence-corrected chi connectivity index (χ3v) is 13.3. The highest BCUT2D eigenvalue weighted by molar-refractivity contribution is 7.91. The monoisotopic (exact) mass is 782 g/mol. The lowest BCUT2D eigenvalue weighted by molar-refractivity contribution is -0.145.